The molecule has 2 fully saturated rings. The van der Waals surface area contributed by atoms with E-state index in [1.165, 1.54) is 0 Å². The summed E-state index contributed by atoms with van der Waals surface area (Å²) in [4.78, 5) is 0. The van der Waals surface area contributed by atoms with Gasteiger partial charge in [0.15, 0.2) is 0 Å². The summed E-state index contributed by atoms with van der Waals surface area (Å²) in [5.41, 5.74) is 5.75. The molecule has 0 amide bonds. The van der Waals surface area contributed by atoms with E-state index >= 15 is 0 Å². The predicted molar refractivity (Wildman–Crippen MR) is 69.2 cm³/mol. The van der Waals surface area contributed by atoms with Crippen molar-refractivity contribution >= 4 is 10.0 Å². The maximum Gasteiger partial charge on any atom is 0.217 e. The summed E-state index contributed by atoms with van der Waals surface area (Å²) >= 11 is 0. The number of nitrogens with zero attached hydrogens (tertiary/aromatic N) is 1. The van der Waals surface area contributed by atoms with E-state index in [4.69, 9.17) is 5.73 Å². The van der Waals surface area contributed by atoms with Crippen molar-refractivity contribution in [2.45, 2.75) is 62.7 Å². The van der Waals surface area contributed by atoms with Crippen molar-refractivity contribution in [3.05, 3.63) is 0 Å². The van der Waals surface area contributed by atoms with Gasteiger partial charge < -0.3 is 5.73 Å². The minimum Gasteiger partial charge on any atom is -0.329 e. The third-order valence-electron chi connectivity index (χ3n) is 4.15. The fraction of sp³-hybridized carbons (Fsp3) is 1.00. The molecule has 1 aliphatic heterocycles. The van der Waals surface area contributed by atoms with Crippen LogP contribution in [0.4, 0.5) is 0 Å². The van der Waals surface area contributed by atoms with Gasteiger partial charge in [0.1, 0.15) is 0 Å². The predicted octanol–water partition coefficient (Wildman–Crippen LogP) is 1.46. The number of rotatable bonds is 3. The molecule has 1 atom stereocenters. The van der Waals surface area contributed by atoms with Gasteiger partial charge in [-0.25, -0.2) is 8.42 Å². The van der Waals surface area contributed by atoms with E-state index in [-0.39, 0.29) is 11.3 Å². The first-order valence-electron chi connectivity index (χ1n) is 6.87. The summed E-state index contributed by atoms with van der Waals surface area (Å²) in [6, 6.07) is 0.0445. The Labute approximate surface area is 105 Å². The topological polar surface area (TPSA) is 63.4 Å². The fourth-order valence-electron chi connectivity index (χ4n) is 3.10. The average Bonchev–Trinajstić information content (AvgIpc) is 2.74. The van der Waals surface area contributed by atoms with E-state index in [1.807, 2.05) is 0 Å². The highest BCUT2D eigenvalue weighted by Crippen LogP contribution is 2.30. The molecule has 2 aliphatic rings. The molecule has 5 heteroatoms. The smallest absolute Gasteiger partial charge is 0.217 e. The Bertz CT molecular complexity index is 336. The van der Waals surface area contributed by atoms with E-state index in [2.05, 4.69) is 0 Å². The first kappa shape index (κ1) is 13.3. The van der Waals surface area contributed by atoms with Gasteiger partial charge >= 0.3 is 0 Å². The lowest BCUT2D eigenvalue weighted by Crippen LogP contribution is -2.47. The van der Waals surface area contributed by atoms with Crippen molar-refractivity contribution in [2.24, 2.45) is 5.73 Å². The van der Waals surface area contributed by atoms with E-state index in [1.54, 1.807) is 4.31 Å². The number of hydrogen-bond donors (Lipinski definition) is 1. The summed E-state index contributed by atoms with van der Waals surface area (Å²) in [7, 11) is -3.09. The molecular formula is C12H24N2O2S. The molecule has 1 aliphatic carbocycles. The molecule has 1 saturated heterocycles. The Hall–Kier alpha value is -0.130. The van der Waals surface area contributed by atoms with E-state index in [0.717, 1.165) is 51.4 Å². The average molecular weight is 260 g/mol. The number of nitrogens with two attached hydrogens (primary N) is 1. The quantitative estimate of drug-likeness (QED) is 0.835. The fourth-order valence-corrected chi connectivity index (χ4v) is 5.40. The van der Waals surface area contributed by atoms with Crippen molar-refractivity contribution in [3.63, 3.8) is 0 Å². The second-order valence-electron chi connectivity index (χ2n) is 5.30. The van der Waals surface area contributed by atoms with Gasteiger partial charge in [-0.15, -0.1) is 0 Å². The number of sulfonamides is 1. The SMILES string of the molecule is NCC1CCCCCN1S(=O)(=O)C1CCCC1. The molecule has 1 heterocycles. The summed E-state index contributed by atoms with van der Waals surface area (Å²) in [6.07, 6.45) is 7.97. The minimum absolute atomic E-state index is 0.0445. The molecule has 2 N–H and O–H groups in total. The number of hydrogen-bond acceptors (Lipinski definition) is 3. The van der Waals surface area contributed by atoms with Gasteiger partial charge in [0.2, 0.25) is 10.0 Å². The monoisotopic (exact) mass is 260 g/mol. The van der Waals surface area contributed by atoms with Crippen molar-refractivity contribution in [3.8, 4) is 0 Å². The van der Waals surface area contributed by atoms with Crippen LogP contribution in [-0.4, -0.2) is 37.1 Å². The molecule has 0 aromatic rings. The molecule has 0 bridgehead atoms. The van der Waals surface area contributed by atoms with E-state index in [9.17, 15) is 8.42 Å². The van der Waals surface area contributed by atoms with Crippen LogP contribution in [-0.2, 0) is 10.0 Å². The standard InChI is InChI=1S/C12H24N2O2S/c13-10-11-6-2-1-5-9-14(11)17(15,16)12-7-3-4-8-12/h11-12H,1-10,13H2. The van der Waals surface area contributed by atoms with Crippen molar-refractivity contribution in [1.82, 2.24) is 4.31 Å². The molecule has 17 heavy (non-hydrogen) atoms. The molecule has 2 rings (SSSR count). The van der Waals surface area contributed by atoms with Crippen molar-refractivity contribution in [2.75, 3.05) is 13.1 Å². The second-order valence-corrected chi connectivity index (χ2v) is 7.47. The summed E-state index contributed by atoms with van der Waals surface area (Å²) in [5, 5.41) is -0.130. The van der Waals surface area contributed by atoms with Gasteiger partial charge in [0.25, 0.3) is 0 Å². The third kappa shape index (κ3) is 2.83. The van der Waals surface area contributed by atoms with Gasteiger partial charge in [-0.1, -0.05) is 25.7 Å². The zero-order chi connectivity index (χ0) is 12.3. The van der Waals surface area contributed by atoms with Gasteiger partial charge in [0, 0.05) is 19.1 Å². The Balaban J connectivity index is 2.16. The molecule has 1 saturated carbocycles. The lowest BCUT2D eigenvalue weighted by molar-refractivity contribution is 0.323. The maximum absolute atomic E-state index is 12.6. The van der Waals surface area contributed by atoms with Crippen LogP contribution >= 0.6 is 0 Å². The van der Waals surface area contributed by atoms with Crippen LogP contribution in [0.1, 0.15) is 51.4 Å². The van der Waals surface area contributed by atoms with Crippen molar-refractivity contribution in [1.29, 1.82) is 0 Å². The molecule has 0 spiro atoms. The molecule has 1 unspecified atom stereocenters. The second kappa shape index (κ2) is 5.67. The van der Waals surface area contributed by atoms with E-state index < -0.39 is 10.0 Å². The van der Waals surface area contributed by atoms with Gasteiger partial charge in [-0.05, 0) is 25.7 Å². The first-order chi connectivity index (χ1) is 8.16. The summed E-state index contributed by atoms with van der Waals surface area (Å²) < 4.78 is 26.9. The summed E-state index contributed by atoms with van der Waals surface area (Å²) in [5.74, 6) is 0. The lowest BCUT2D eigenvalue weighted by Gasteiger charge is -2.30. The van der Waals surface area contributed by atoms with Crippen LogP contribution in [0.5, 0.6) is 0 Å². The van der Waals surface area contributed by atoms with Crippen molar-refractivity contribution < 1.29 is 8.42 Å². The molecule has 0 aromatic carbocycles. The first-order valence-corrected chi connectivity index (χ1v) is 8.37. The maximum atomic E-state index is 12.6. The van der Waals surface area contributed by atoms with E-state index in [0.29, 0.717) is 13.1 Å². The summed E-state index contributed by atoms with van der Waals surface area (Å²) in [6.45, 7) is 1.15. The van der Waals surface area contributed by atoms with Gasteiger partial charge in [-0.2, -0.15) is 4.31 Å². The van der Waals surface area contributed by atoms with Crippen LogP contribution in [0.25, 0.3) is 0 Å². The van der Waals surface area contributed by atoms with Gasteiger partial charge in [0.05, 0.1) is 5.25 Å². The zero-order valence-electron chi connectivity index (χ0n) is 10.5. The lowest BCUT2D eigenvalue weighted by atomic mass is 10.1. The molecule has 4 nitrogen and oxygen atoms in total. The van der Waals surface area contributed by atoms with Gasteiger partial charge in [-0.3, -0.25) is 0 Å². The molecular weight excluding hydrogens is 236 g/mol. The highest BCUT2D eigenvalue weighted by atomic mass is 32.2. The molecule has 100 valence electrons. The molecule has 0 radical (unpaired) electrons. The van der Waals surface area contributed by atoms with Crippen LogP contribution in [0.3, 0.4) is 0 Å². The Morgan fingerprint density at radius 3 is 2.29 bits per heavy atom. The highest BCUT2D eigenvalue weighted by Gasteiger charge is 2.37. The normalized spacial score (nSPS) is 29.4. The zero-order valence-corrected chi connectivity index (χ0v) is 11.3. The highest BCUT2D eigenvalue weighted by molar-refractivity contribution is 7.89. The van der Waals surface area contributed by atoms with Crippen LogP contribution in [0.2, 0.25) is 0 Å². The Morgan fingerprint density at radius 2 is 1.65 bits per heavy atom. The third-order valence-corrected chi connectivity index (χ3v) is 6.59. The van der Waals surface area contributed by atoms with Crippen LogP contribution < -0.4 is 5.73 Å². The van der Waals surface area contributed by atoms with Crippen LogP contribution in [0.15, 0.2) is 0 Å². The molecule has 0 aromatic heterocycles. The minimum atomic E-state index is -3.09. The Kier molecular flexibility index (Phi) is 4.44. The Morgan fingerprint density at radius 1 is 1.00 bits per heavy atom. The van der Waals surface area contributed by atoms with Crippen LogP contribution in [0, 0.1) is 0 Å². The largest absolute Gasteiger partial charge is 0.329 e.